The number of hydrogen-bond donors (Lipinski definition) is 2. The Bertz CT molecular complexity index is 443. The lowest BCUT2D eigenvalue weighted by molar-refractivity contribution is 0.162. The highest BCUT2D eigenvalue weighted by molar-refractivity contribution is 7.90. The number of benzene rings is 1. The number of nitrogens with two attached hydrogens (primary N) is 1. The molecule has 0 heterocycles. The first-order valence-electron chi connectivity index (χ1n) is 5.39. The van der Waals surface area contributed by atoms with Gasteiger partial charge in [0.25, 0.3) is 10.0 Å². The first-order chi connectivity index (χ1) is 8.44. The Morgan fingerprint density at radius 1 is 1.22 bits per heavy atom. The van der Waals surface area contributed by atoms with Gasteiger partial charge in [-0.2, -0.15) is 0 Å². The summed E-state index contributed by atoms with van der Waals surface area (Å²) in [6.07, 6.45) is 0. The van der Waals surface area contributed by atoms with E-state index in [-0.39, 0.29) is 4.90 Å². The van der Waals surface area contributed by atoms with E-state index in [9.17, 15) is 13.2 Å². The van der Waals surface area contributed by atoms with Crippen LogP contribution in [-0.2, 0) is 14.8 Å². The van der Waals surface area contributed by atoms with E-state index in [1.165, 1.54) is 12.1 Å². The molecule has 1 rings (SSSR count). The van der Waals surface area contributed by atoms with E-state index in [2.05, 4.69) is 5.73 Å². The Labute approximate surface area is 107 Å². The zero-order valence-corrected chi connectivity index (χ0v) is 11.2. The summed E-state index contributed by atoms with van der Waals surface area (Å²) < 4.78 is 28.9. The molecular weight excluding hydrogens is 256 g/mol. The minimum absolute atomic E-state index is 0.00815. The maximum atomic E-state index is 11.2. The van der Waals surface area contributed by atoms with Crippen LogP contribution in [0.2, 0.25) is 0 Å². The lowest BCUT2D eigenvalue weighted by Gasteiger charge is -2.02. The molecule has 6 nitrogen and oxygen atoms in total. The van der Waals surface area contributed by atoms with Gasteiger partial charge in [0.05, 0.1) is 4.90 Å². The van der Waals surface area contributed by atoms with Gasteiger partial charge in [-0.1, -0.05) is 18.2 Å². The summed E-state index contributed by atoms with van der Waals surface area (Å²) in [5, 5.41) is 0. The van der Waals surface area contributed by atoms with Crippen molar-refractivity contribution in [3.8, 4) is 0 Å². The van der Waals surface area contributed by atoms with Crippen molar-refractivity contribution in [2.45, 2.75) is 18.7 Å². The topological polar surface area (TPSA) is 98.5 Å². The number of urea groups is 1. The van der Waals surface area contributed by atoms with Gasteiger partial charge in [0.15, 0.2) is 0 Å². The first-order valence-corrected chi connectivity index (χ1v) is 6.87. The summed E-state index contributed by atoms with van der Waals surface area (Å²) in [7, 11) is -3.78. The van der Waals surface area contributed by atoms with Crippen LogP contribution in [0.5, 0.6) is 0 Å². The lowest BCUT2D eigenvalue weighted by Crippen LogP contribution is -2.34. The minimum Gasteiger partial charge on any atom is -0.382 e. The molecule has 0 aliphatic heterocycles. The molecule has 7 heteroatoms. The second-order valence-electron chi connectivity index (χ2n) is 3.06. The second-order valence-corrected chi connectivity index (χ2v) is 4.75. The highest BCUT2D eigenvalue weighted by Crippen LogP contribution is 2.05. The van der Waals surface area contributed by atoms with Crippen molar-refractivity contribution < 1.29 is 17.9 Å². The number of nitrogens with one attached hydrogen (secondary N) is 1. The number of hydrogen-bond acceptors (Lipinski definition) is 4. The molecule has 102 valence electrons. The summed E-state index contributed by atoms with van der Waals surface area (Å²) in [5.74, 6) is 0. The predicted octanol–water partition coefficient (Wildman–Crippen LogP) is 1.09. The van der Waals surface area contributed by atoms with E-state index in [0.717, 1.165) is 13.2 Å². The largest absolute Gasteiger partial charge is 0.382 e. The second kappa shape index (κ2) is 8.48. The monoisotopic (exact) mass is 274 g/mol. The normalized spacial score (nSPS) is 10.1. The highest BCUT2D eigenvalue weighted by atomic mass is 32.2. The van der Waals surface area contributed by atoms with Gasteiger partial charge < -0.3 is 10.5 Å². The van der Waals surface area contributed by atoms with E-state index < -0.39 is 16.1 Å². The van der Waals surface area contributed by atoms with E-state index in [1.807, 2.05) is 13.8 Å². The molecule has 18 heavy (non-hydrogen) atoms. The Hall–Kier alpha value is -1.60. The molecule has 0 radical (unpaired) electrons. The molecule has 0 aliphatic carbocycles. The zero-order chi connectivity index (χ0) is 14.0. The molecule has 0 aliphatic rings. The summed E-state index contributed by atoms with van der Waals surface area (Å²) in [5.41, 5.74) is 4.69. The van der Waals surface area contributed by atoms with E-state index >= 15 is 0 Å². The van der Waals surface area contributed by atoms with Crippen molar-refractivity contribution in [1.29, 1.82) is 0 Å². The van der Waals surface area contributed by atoms with Gasteiger partial charge in [-0.15, -0.1) is 0 Å². The molecule has 0 saturated heterocycles. The third kappa shape index (κ3) is 6.87. The number of rotatable bonds is 4. The van der Waals surface area contributed by atoms with Crippen molar-refractivity contribution >= 4 is 16.1 Å². The number of sulfonamides is 1. The average molecular weight is 274 g/mol. The maximum Gasteiger partial charge on any atom is 0.326 e. The van der Waals surface area contributed by atoms with Gasteiger partial charge in [0, 0.05) is 13.2 Å². The predicted molar refractivity (Wildman–Crippen MR) is 68.5 cm³/mol. The Kier molecular flexibility index (Phi) is 7.73. The van der Waals surface area contributed by atoms with Gasteiger partial charge in [0.1, 0.15) is 0 Å². The van der Waals surface area contributed by atoms with Crippen molar-refractivity contribution in [2.24, 2.45) is 5.73 Å². The van der Waals surface area contributed by atoms with Crippen molar-refractivity contribution in [1.82, 2.24) is 4.72 Å². The molecule has 1 aromatic rings. The summed E-state index contributed by atoms with van der Waals surface area (Å²) >= 11 is 0. The summed E-state index contributed by atoms with van der Waals surface area (Å²) in [6, 6.07) is 6.41. The quantitative estimate of drug-likeness (QED) is 0.858. The van der Waals surface area contributed by atoms with Gasteiger partial charge in [-0.3, -0.25) is 0 Å². The van der Waals surface area contributed by atoms with Gasteiger partial charge in [0.2, 0.25) is 0 Å². The fraction of sp³-hybridized carbons (Fsp3) is 0.364. The van der Waals surface area contributed by atoms with E-state index in [4.69, 9.17) is 4.74 Å². The van der Waals surface area contributed by atoms with Gasteiger partial charge in [-0.25, -0.2) is 17.9 Å². The molecule has 0 unspecified atom stereocenters. The van der Waals surface area contributed by atoms with E-state index in [0.29, 0.717) is 0 Å². The van der Waals surface area contributed by atoms with Crippen molar-refractivity contribution in [3.63, 3.8) is 0 Å². The fourth-order valence-corrected chi connectivity index (χ4v) is 1.89. The van der Waals surface area contributed by atoms with Crippen LogP contribution in [0.3, 0.4) is 0 Å². The Balaban J connectivity index is 0.000000494. The molecule has 0 saturated carbocycles. The van der Waals surface area contributed by atoms with Crippen LogP contribution in [0, 0.1) is 0 Å². The van der Waals surface area contributed by atoms with Crippen LogP contribution in [-0.4, -0.2) is 27.7 Å². The molecule has 0 spiro atoms. The number of carbonyl (C=O) groups is 1. The molecule has 2 amide bonds. The standard InChI is InChI=1S/C7H8N2O3S.C4H10O/c8-7(10)9-13(11,12)6-4-2-1-3-5-6;1-3-5-4-2/h1-5H,(H3,8,9,10);3-4H2,1-2H3. The number of ether oxygens (including phenoxy) is 1. The third-order valence-electron chi connectivity index (χ3n) is 1.70. The molecule has 1 aromatic carbocycles. The lowest BCUT2D eigenvalue weighted by atomic mass is 10.4. The van der Waals surface area contributed by atoms with Crippen LogP contribution in [0.15, 0.2) is 35.2 Å². The minimum atomic E-state index is -3.78. The maximum absolute atomic E-state index is 11.2. The van der Waals surface area contributed by atoms with E-state index in [1.54, 1.807) is 22.9 Å². The Morgan fingerprint density at radius 3 is 2.06 bits per heavy atom. The first kappa shape index (κ1) is 16.4. The number of amides is 2. The van der Waals surface area contributed by atoms with Crippen LogP contribution < -0.4 is 10.5 Å². The molecule has 0 atom stereocenters. The molecule has 0 fully saturated rings. The van der Waals surface area contributed by atoms with Crippen LogP contribution >= 0.6 is 0 Å². The van der Waals surface area contributed by atoms with Gasteiger partial charge in [-0.05, 0) is 26.0 Å². The number of carbonyl (C=O) groups excluding carboxylic acids is 1. The fourth-order valence-electron chi connectivity index (χ4n) is 0.995. The molecule has 0 bridgehead atoms. The average Bonchev–Trinajstić information content (AvgIpc) is 2.30. The number of primary amides is 1. The van der Waals surface area contributed by atoms with Crippen LogP contribution in [0.4, 0.5) is 4.79 Å². The summed E-state index contributed by atoms with van der Waals surface area (Å²) in [6.45, 7) is 5.67. The smallest absolute Gasteiger partial charge is 0.326 e. The van der Waals surface area contributed by atoms with Gasteiger partial charge >= 0.3 is 6.03 Å². The molecular formula is C11H18N2O4S. The van der Waals surface area contributed by atoms with Crippen molar-refractivity contribution in [2.75, 3.05) is 13.2 Å². The van der Waals surface area contributed by atoms with Crippen molar-refractivity contribution in [3.05, 3.63) is 30.3 Å². The molecule has 0 aromatic heterocycles. The van der Waals surface area contributed by atoms with Crippen LogP contribution in [0.1, 0.15) is 13.8 Å². The zero-order valence-electron chi connectivity index (χ0n) is 10.4. The third-order valence-corrected chi connectivity index (χ3v) is 3.06. The molecule has 3 N–H and O–H groups in total. The SMILES string of the molecule is CCOCC.NC(=O)NS(=O)(=O)c1ccccc1. The van der Waals surface area contributed by atoms with Crippen LogP contribution in [0.25, 0.3) is 0 Å². The highest BCUT2D eigenvalue weighted by Gasteiger charge is 2.14. The summed E-state index contributed by atoms with van der Waals surface area (Å²) in [4.78, 5) is 10.3. The Morgan fingerprint density at radius 2 is 1.72 bits per heavy atom.